The van der Waals surface area contributed by atoms with Gasteiger partial charge in [0.25, 0.3) is 0 Å². The molecule has 3 aromatic heterocycles. The summed E-state index contributed by atoms with van der Waals surface area (Å²) in [4.78, 5) is 17.9. The van der Waals surface area contributed by atoms with Gasteiger partial charge in [0.15, 0.2) is 11.6 Å². The molecule has 8 nitrogen and oxygen atoms in total. The van der Waals surface area contributed by atoms with Gasteiger partial charge in [-0.25, -0.2) is 9.97 Å². The van der Waals surface area contributed by atoms with E-state index in [1.54, 1.807) is 0 Å². The first-order valence-electron chi connectivity index (χ1n) is 15.2. The lowest BCUT2D eigenvalue weighted by molar-refractivity contribution is 0.312. The first-order chi connectivity index (χ1) is 20.5. The summed E-state index contributed by atoms with van der Waals surface area (Å²) >= 11 is 0. The predicted molar refractivity (Wildman–Crippen MR) is 174 cm³/mol. The highest BCUT2D eigenvalue weighted by Crippen LogP contribution is 2.32. The number of aromatic nitrogens is 5. The lowest BCUT2D eigenvalue weighted by Gasteiger charge is -2.33. The average molecular weight is 563 g/mol. The van der Waals surface area contributed by atoms with Gasteiger partial charge in [-0.3, -0.25) is 5.10 Å². The first-order valence-corrected chi connectivity index (χ1v) is 15.2. The van der Waals surface area contributed by atoms with Crippen molar-refractivity contribution < 1.29 is 0 Å². The molecule has 1 aliphatic heterocycles. The van der Waals surface area contributed by atoms with Gasteiger partial charge in [0, 0.05) is 49.2 Å². The molecule has 42 heavy (non-hydrogen) atoms. The lowest BCUT2D eigenvalue weighted by Crippen LogP contribution is -2.44. The Morgan fingerprint density at radius 3 is 2.67 bits per heavy atom. The zero-order valence-electron chi connectivity index (χ0n) is 24.9. The minimum atomic E-state index is 0.736. The summed E-state index contributed by atoms with van der Waals surface area (Å²) in [5.41, 5.74) is 7.84. The number of nitrogens with one attached hydrogen (secondary N) is 3. The number of H-pyrrole nitrogens is 2. The van der Waals surface area contributed by atoms with E-state index < -0.39 is 0 Å². The summed E-state index contributed by atoms with van der Waals surface area (Å²) in [6, 6.07) is 8.38. The Morgan fingerprint density at radius 2 is 1.90 bits per heavy atom. The van der Waals surface area contributed by atoms with Crippen molar-refractivity contribution in [2.24, 2.45) is 5.92 Å². The minimum Gasteiger partial charge on any atom is -0.359 e. The number of fused-ring (bicyclic) bond motifs is 2. The third kappa shape index (κ3) is 5.90. The second-order valence-corrected chi connectivity index (χ2v) is 11.7. The Hall–Kier alpha value is -4.17. The number of anilines is 1. The van der Waals surface area contributed by atoms with Crippen molar-refractivity contribution >= 4 is 33.3 Å². The molecule has 8 heteroatoms. The van der Waals surface area contributed by atoms with Gasteiger partial charge in [-0.15, -0.1) is 0 Å². The van der Waals surface area contributed by atoms with Crippen LogP contribution in [0.1, 0.15) is 51.0 Å². The van der Waals surface area contributed by atoms with Crippen molar-refractivity contribution in [1.29, 1.82) is 0 Å². The summed E-state index contributed by atoms with van der Waals surface area (Å²) in [5, 5.41) is 12.4. The van der Waals surface area contributed by atoms with Crippen molar-refractivity contribution in [2.45, 2.75) is 45.4 Å². The zero-order valence-corrected chi connectivity index (χ0v) is 24.9. The standard InChI is InChI=1S/C34H42N8/c1-5-25(21-27(6-2)36-23(3)20-24-10-8-7-9-11-24)26-12-13-29-28(22-26)31(40-39-29)33-37-30-14-15-35-34(32(30)38-33)42-18-16-41(4)17-19-42/h5-6,12-15,21-22,24,36H,2-3,7-11,16-20H2,1,4H3,(H,37,38)(H,39,40)/b25-5+,27-21+. The van der Waals surface area contributed by atoms with Crippen LogP contribution >= 0.6 is 0 Å². The first kappa shape index (κ1) is 28.0. The largest absolute Gasteiger partial charge is 0.359 e. The van der Waals surface area contributed by atoms with Crippen LogP contribution in [0.3, 0.4) is 0 Å². The molecule has 1 aliphatic carbocycles. The topological polar surface area (TPSA) is 88.8 Å². The third-order valence-electron chi connectivity index (χ3n) is 8.73. The van der Waals surface area contributed by atoms with Crippen molar-refractivity contribution in [3.8, 4) is 11.5 Å². The summed E-state index contributed by atoms with van der Waals surface area (Å²) in [7, 11) is 2.16. The van der Waals surface area contributed by atoms with Crippen LogP contribution in [0.2, 0.25) is 0 Å². The molecule has 0 bridgehead atoms. The van der Waals surface area contributed by atoms with E-state index in [-0.39, 0.29) is 0 Å². The summed E-state index contributed by atoms with van der Waals surface area (Å²) in [5.74, 6) is 2.40. The van der Waals surface area contributed by atoms with E-state index in [1.165, 1.54) is 32.1 Å². The highest BCUT2D eigenvalue weighted by molar-refractivity contribution is 5.97. The molecule has 1 saturated carbocycles. The number of hydrogen-bond acceptors (Lipinski definition) is 6. The highest BCUT2D eigenvalue weighted by Gasteiger charge is 2.21. The van der Waals surface area contributed by atoms with Gasteiger partial charge in [-0.1, -0.05) is 57.4 Å². The maximum absolute atomic E-state index is 5.02. The number of pyridine rings is 1. The van der Waals surface area contributed by atoms with Crippen LogP contribution in [-0.2, 0) is 0 Å². The van der Waals surface area contributed by atoms with Crippen LogP contribution in [0.4, 0.5) is 5.82 Å². The second-order valence-electron chi connectivity index (χ2n) is 11.7. The molecule has 0 radical (unpaired) electrons. The number of allylic oxidation sites excluding steroid dienone is 5. The van der Waals surface area contributed by atoms with E-state index in [4.69, 9.17) is 9.97 Å². The molecule has 3 N–H and O–H groups in total. The smallest absolute Gasteiger partial charge is 0.159 e. The number of benzene rings is 1. The molecule has 6 rings (SSSR count). The van der Waals surface area contributed by atoms with Crippen molar-refractivity contribution in [3.63, 3.8) is 0 Å². The molecule has 0 atom stereocenters. The molecule has 4 heterocycles. The normalized spacial score (nSPS) is 17.7. The van der Waals surface area contributed by atoms with E-state index in [0.717, 1.165) is 100 Å². The Labute approximate surface area is 248 Å². The number of aromatic amines is 2. The fraction of sp³-hybridized carbons (Fsp3) is 0.382. The number of likely N-dealkylation sites (N-methyl/N-ethyl adjacent to an activating group) is 1. The maximum Gasteiger partial charge on any atom is 0.159 e. The predicted octanol–water partition coefficient (Wildman–Crippen LogP) is 6.80. The third-order valence-corrected chi connectivity index (χ3v) is 8.73. The highest BCUT2D eigenvalue weighted by atomic mass is 15.3. The molecule has 0 amide bonds. The zero-order chi connectivity index (χ0) is 29.1. The van der Waals surface area contributed by atoms with Crippen molar-refractivity contribution in [2.75, 3.05) is 38.1 Å². The Morgan fingerprint density at radius 1 is 1.10 bits per heavy atom. The lowest BCUT2D eigenvalue weighted by atomic mass is 9.86. The quantitative estimate of drug-likeness (QED) is 0.195. The molecule has 1 aromatic carbocycles. The average Bonchev–Trinajstić information content (AvgIpc) is 3.64. The molecule has 218 valence electrons. The van der Waals surface area contributed by atoms with E-state index >= 15 is 0 Å². The van der Waals surface area contributed by atoms with E-state index in [1.807, 2.05) is 18.3 Å². The van der Waals surface area contributed by atoms with Crippen LogP contribution in [-0.4, -0.2) is 63.3 Å². The molecular formula is C34H42N8. The van der Waals surface area contributed by atoms with E-state index in [2.05, 4.69) is 87.8 Å². The Balaban J connectivity index is 1.27. The van der Waals surface area contributed by atoms with Gasteiger partial charge in [-0.2, -0.15) is 5.10 Å². The maximum atomic E-state index is 5.02. The molecule has 0 unspecified atom stereocenters. The molecule has 4 aromatic rings. The number of piperazine rings is 1. The van der Waals surface area contributed by atoms with Gasteiger partial charge in [0.05, 0.1) is 11.0 Å². The van der Waals surface area contributed by atoms with Gasteiger partial charge in [0.1, 0.15) is 11.2 Å². The van der Waals surface area contributed by atoms with Crippen LogP contribution in [0.25, 0.3) is 39.0 Å². The number of rotatable bonds is 9. The molecule has 2 aliphatic rings. The van der Waals surface area contributed by atoms with Crippen LogP contribution < -0.4 is 10.2 Å². The number of imidazole rings is 1. The van der Waals surface area contributed by atoms with Crippen LogP contribution in [0.15, 0.2) is 73.2 Å². The van der Waals surface area contributed by atoms with Gasteiger partial charge < -0.3 is 20.1 Å². The molecule has 2 fully saturated rings. The SMILES string of the molecule is C=C/C(=C\C(=C/C)c1ccc2[nH]nc(-c3nc4c(N5CCN(C)CC5)nccc4[nH]3)c2c1)NC(=C)CC1CCCCC1. The molecular weight excluding hydrogens is 520 g/mol. The van der Waals surface area contributed by atoms with Gasteiger partial charge in [0.2, 0.25) is 0 Å². The van der Waals surface area contributed by atoms with Crippen molar-refractivity contribution in [1.82, 2.24) is 35.4 Å². The summed E-state index contributed by atoms with van der Waals surface area (Å²) in [6.45, 7) is 14.4. The number of hydrogen-bond donors (Lipinski definition) is 3. The number of nitrogens with zero attached hydrogens (tertiary/aromatic N) is 5. The summed E-state index contributed by atoms with van der Waals surface area (Å²) < 4.78 is 0. The molecule has 1 saturated heterocycles. The molecule has 0 spiro atoms. The van der Waals surface area contributed by atoms with E-state index in [0.29, 0.717) is 0 Å². The van der Waals surface area contributed by atoms with E-state index in [9.17, 15) is 0 Å². The van der Waals surface area contributed by atoms with Gasteiger partial charge >= 0.3 is 0 Å². The Bertz CT molecular complexity index is 1640. The summed E-state index contributed by atoms with van der Waals surface area (Å²) in [6.07, 6.45) is 15.7. The fourth-order valence-corrected chi connectivity index (χ4v) is 6.30. The van der Waals surface area contributed by atoms with Gasteiger partial charge in [-0.05, 0) is 67.8 Å². The Kier molecular flexibility index (Phi) is 8.24. The van der Waals surface area contributed by atoms with Crippen LogP contribution in [0.5, 0.6) is 0 Å². The fourth-order valence-electron chi connectivity index (χ4n) is 6.30. The minimum absolute atomic E-state index is 0.736. The monoisotopic (exact) mass is 562 g/mol. The van der Waals surface area contributed by atoms with Crippen molar-refractivity contribution in [3.05, 3.63) is 78.8 Å². The second kappa shape index (κ2) is 12.4. The van der Waals surface area contributed by atoms with Crippen LogP contribution in [0, 0.1) is 5.92 Å².